The highest BCUT2D eigenvalue weighted by molar-refractivity contribution is 6.03. The third-order valence-electron chi connectivity index (χ3n) is 12.4. The second-order valence-electron chi connectivity index (χ2n) is 16.2. The van der Waals surface area contributed by atoms with Crippen molar-refractivity contribution in [3.05, 3.63) is 90.5 Å². The molecule has 7 atom stereocenters. The molecule has 2 aliphatic heterocycles. The van der Waals surface area contributed by atoms with E-state index >= 15 is 0 Å². The average molecular weight is 811 g/mol. The van der Waals surface area contributed by atoms with Gasteiger partial charge in [0.05, 0.1) is 31.5 Å². The summed E-state index contributed by atoms with van der Waals surface area (Å²) in [4.78, 5) is 22.1. The summed E-state index contributed by atoms with van der Waals surface area (Å²) in [5.74, 6) is 0.314. The van der Waals surface area contributed by atoms with Crippen LogP contribution in [-0.4, -0.2) is 84.6 Å². The van der Waals surface area contributed by atoms with Gasteiger partial charge in [0.15, 0.2) is 0 Å². The van der Waals surface area contributed by atoms with Crippen LogP contribution in [-0.2, 0) is 19.0 Å². The predicted molar refractivity (Wildman–Crippen MR) is 228 cm³/mol. The fourth-order valence-corrected chi connectivity index (χ4v) is 9.82. The standard InChI is InChI=1S/C48H62N2O9/c1-4-24-50(47(53)54-6-3)43-32-41(49-59-44-19-11-14-28-55-44)39-30-35(17-9-12-25-51)38(18-10-13-26-52)45-40-31-37(57-36-21-20-33-15-7-8-16-34(33)29-36)22-23-42(40)58-48(43,46(39)45)56-27-5-2/h5,7-8,15-16,20-23,29-31,35,38,43-46,51-52H,2,4,6,9-14,17-19,24-28,32H2,1,3H3. The van der Waals surface area contributed by atoms with Gasteiger partial charge in [0.1, 0.15) is 23.3 Å². The lowest BCUT2D eigenvalue weighted by atomic mass is 9.55. The Labute approximate surface area is 348 Å². The number of allylic oxidation sites excluding steroid dienone is 1. The Morgan fingerprint density at radius 1 is 0.983 bits per heavy atom. The highest BCUT2D eigenvalue weighted by Crippen LogP contribution is 2.62. The van der Waals surface area contributed by atoms with Gasteiger partial charge in [-0.1, -0.05) is 67.4 Å². The molecule has 4 aliphatic rings. The van der Waals surface area contributed by atoms with Crippen molar-refractivity contribution in [2.24, 2.45) is 22.9 Å². The SMILES string of the molecule is C=CCOC12Oc3ccc(Oc4ccc5ccccc5c4)cc3C3C(CCCCO)C(CCCCO)C=C(C(=NOC4CCCCO4)CC1N(CCC)C(=O)OCC)C32. The van der Waals surface area contributed by atoms with Crippen molar-refractivity contribution in [2.75, 3.05) is 39.6 Å². The van der Waals surface area contributed by atoms with E-state index in [1.165, 1.54) is 0 Å². The van der Waals surface area contributed by atoms with Gasteiger partial charge < -0.3 is 38.7 Å². The predicted octanol–water partition coefficient (Wildman–Crippen LogP) is 9.66. The summed E-state index contributed by atoms with van der Waals surface area (Å²) in [5.41, 5.74) is 2.71. The maximum atomic E-state index is 14.1. The molecule has 318 valence electrons. The van der Waals surface area contributed by atoms with Crippen LogP contribution in [0.2, 0.25) is 0 Å². The largest absolute Gasteiger partial charge is 0.459 e. The molecule has 0 spiro atoms. The van der Waals surface area contributed by atoms with Gasteiger partial charge in [-0.05, 0) is 110 Å². The summed E-state index contributed by atoms with van der Waals surface area (Å²) >= 11 is 0. The summed E-state index contributed by atoms with van der Waals surface area (Å²) < 4.78 is 32.7. The maximum absolute atomic E-state index is 14.1. The molecule has 7 rings (SSSR count). The Balaban J connectivity index is 1.42. The van der Waals surface area contributed by atoms with Gasteiger partial charge in [0.25, 0.3) is 0 Å². The third kappa shape index (κ3) is 9.33. The van der Waals surface area contributed by atoms with E-state index in [-0.39, 0.29) is 44.2 Å². The lowest BCUT2D eigenvalue weighted by Gasteiger charge is -2.59. The first-order chi connectivity index (χ1) is 28.9. The Morgan fingerprint density at radius 3 is 2.51 bits per heavy atom. The second-order valence-corrected chi connectivity index (χ2v) is 16.2. The zero-order chi connectivity index (χ0) is 41.2. The Kier molecular flexibility index (Phi) is 14.6. The molecule has 3 aromatic carbocycles. The van der Waals surface area contributed by atoms with E-state index in [0.29, 0.717) is 50.3 Å². The minimum absolute atomic E-state index is 0.0871. The van der Waals surface area contributed by atoms with E-state index in [0.717, 1.165) is 78.3 Å². The molecule has 11 nitrogen and oxygen atoms in total. The van der Waals surface area contributed by atoms with Crippen LogP contribution in [0.15, 0.2) is 90.1 Å². The summed E-state index contributed by atoms with van der Waals surface area (Å²) in [6.45, 7) is 9.56. The van der Waals surface area contributed by atoms with E-state index < -0.39 is 30.1 Å². The van der Waals surface area contributed by atoms with E-state index in [1.54, 1.807) is 11.0 Å². The summed E-state index contributed by atoms with van der Waals surface area (Å²) in [6, 6.07) is 19.7. The van der Waals surface area contributed by atoms with Crippen molar-refractivity contribution in [1.29, 1.82) is 0 Å². The van der Waals surface area contributed by atoms with Crippen molar-refractivity contribution in [1.82, 2.24) is 4.90 Å². The van der Waals surface area contributed by atoms with Gasteiger partial charge in [-0.2, -0.15) is 0 Å². The monoisotopic (exact) mass is 810 g/mol. The van der Waals surface area contributed by atoms with Gasteiger partial charge in [-0.15, -0.1) is 6.58 Å². The van der Waals surface area contributed by atoms with E-state index in [2.05, 4.69) is 43.0 Å². The summed E-state index contributed by atoms with van der Waals surface area (Å²) in [6.07, 6.45) is 11.6. The first-order valence-corrected chi connectivity index (χ1v) is 21.9. The molecule has 0 aromatic heterocycles. The first-order valence-electron chi connectivity index (χ1n) is 21.9. The molecule has 2 fully saturated rings. The van der Waals surface area contributed by atoms with Crippen LogP contribution < -0.4 is 9.47 Å². The first kappa shape index (κ1) is 42.7. The van der Waals surface area contributed by atoms with Crippen LogP contribution >= 0.6 is 0 Å². The molecule has 2 N–H and O–H groups in total. The van der Waals surface area contributed by atoms with Crippen LogP contribution in [0.1, 0.15) is 96.0 Å². The highest BCUT2D eigenvalue weighted by atomic mass is 16.8. The molecule has 1 amide bonds. The van der Waals surface area contributed by atoms with Gasteiger partial charge in [-0.25, -0.2) is 4.79 Å². The zero-order valence-corrected chi connectivity index (χ0v) is 34.8. The number of fused-ring (bicyclic) bond motifs is 3. The minimum atomic E-state index is -1.36. The van der Waals surface area contributed by atoms with Crippen molar-refractivity contribution < 1.29 is 43.5 Å². The van der Waals surface area contributed by atoms with Crippen LogP contribution in [0.4, 0.5) is 4.79 Å². The zero-order valence-electron chi connectivity index (χ0n) is 34.8. The second kappa shape index (κ2) is 20.2. The van der Waals surface area contributed by atoms with E-state index in [1.807, 2.05) is 44.2 Å². The smallest absolute Gasteiger partial charge is 0.410 e. The summed E-state index contributed by atoms with van der Waals surface area (Å²) in [5, 5.41) is 27.0. The minimum Gasteiger partial charge on any atom is -0.459 e. The normalized spacial score (nSPS) is 26.6. The number of hydrogen-bond donors (Lipinski definition) is 2. The number of carbonyl (C=O) groups is 1. The van der Waals surface area contributed by atoms with Crippen molar-refractivity contribution >= 4 is 22.6 Å². The number of benzene rings is 3. The van der Waals surface area contributed by atoms with Crippen molar-refractivity contribution in [2.45, 2.75) is 109 Å². The fourth-order valence-electron chi connectivity index (χ4n) is 9.82. The molecule has 2 heterocycles. The van der Waals surface area contributed by atoms with Crippen molar-refractivity contribution in [3.8, 4) is 17.2 Å². The van der Waals surface area contributed by atoms with Crippen molar-refractivity contribution in [3.63, 3.8) is 0 Å². The number of carbonyl (C=O) groups excluding carboxylic acids is 1. The molecular formula is C48H62N2O9. The fraction of sp³-hybridized carbons (Fsp3) is 0.542. The molecule has 1 saturated carbocycles. The Hall–Kier alpha value is -4.42. The average Bonchev–Trinajstić information content (AvgIpc) is 3.26. The van der Waals surface area contributed by atoms with Crippen LogP contribution in [0, 0.1) is 17.8 Å². The highest BCUT2D eigenvalue weighted by Gasteiger charge is 2.65. The number of oxime groups is 1. The maximum Gasteiger partial charge on any atom is 0.410 e. The lowest BCUT2D eigenvalue weighted by molar-refractivity contribution is -0.255. The van der Waals surface area contributed by atoms with E-state index in [9.17, 15) is 15.0 Å². The van der Waals surface area contributed by atoms with Gasteiger partial charge in [-0.3, -0.25) is 4.90 Å². The number of aliphatic hydroxyl groups is 2. The lowest BCUT2D eigenvalue weighted by Crippen LogP contribution is -2.70. The van der Waals surface area contributed by atoms with Gasteiger partial charge in [0.2, 0.25) is 12.1 Å². The molecule has 1 saturated heterocycles. The van der Waals surface area contributed by atoms with Crippen LogP contribution in [0.5, 0.6) is 17.2 Å². The summed E-state index contributed by atoms with van der Waals surface area (Å²) in [7, 11) is 0. The third-order valence-corrected chi connectivity index (χ3v) is 12.4. The number of nitrogens with zero attached hydrogens (tertiary/aromatic N) is 2. The van der Waals surface area contributed by atoms with Crippen LogP contribution in [0.3, 0.4) is 0 Å². The molecule has 2 aliphatic carbocycles. The molecule has 0 radical (unpaired) electrons. The van der Waals surface area contributed by atoms with E-state index in [4.69, 9.17) is 33.7 Å². The molecule has 7 unspecified atom stereocenters. The quantitative estimate of drug-likeness (QED) is 0.0691. The molecular weight excluding hydrogens is 749 g/mol. The van der Waals surface area contributed by atoms with Gasteiger partial charge >= 0.3 is 6.09 Å². The topological polar surface area (TPSA) is 129 Å². The van der Waals surface area contributed by atoms with Gasteiger partial charge in [0, 0.05) is 44.1 Å². The number of aliphatic hydroxyl groups excluding tert-OH is 2. The molecule has 11 heteroatoms. The Morgan fingerprint density at radius 2 is 1.76 bits per heavy atom. The molecule has 0 bridgehead atoms. The Bertz CT molecular complexity index is 1940. The number of ether oxygens (including phenoxy) is 5. The molecule has 3 aromatic rings. The number of hydrogen-bond acceptors (Lipinski definition) is 10. The number of unbranched alkanes of at least 4 members (excludes halogenated alkanes) is 2. The number of rotatable bonds is 19. The van der Waals surface area contributed by atoms with Crippen LogP contribution in [0.25, 0.3) is 10.8 Å². The number of amides is 1. The molecule has 59 heavy (non-hydrogen) atoms.